The van der Waals surface area contributed by atoms with Gasteiger partial charge in [0.25, 0.3) is 0 Å². The van der Waals surface area contributed by atoms with Gasteiger partial charge in [-0.05, 0) is 37.5 Å². The molecule has 0 bridgehead atoms. The number of fused-ring (bicyclic) bond motifs is 1. The van der Waals surface area contributed by atoms with E-state index in [2.05, 4.69) is 15.0 Å². The van der Waals surface area contributed by atoms with Gasteiger partial charge in [-0.15, -0.1) is 0 Å². The highest BCUT2D eigenvalue weighted by Crippen LogP contribution is 2.34. The van der Waals surface area contributed by atoms with Crippen molar-refractivity contribution in [1.29, 1.82) is 0 Å². The molecule has 0 amide bonds. The molecule has 0 saturated carbocycles. The van der Waals surface area contributed by atoms with Gasteiger partial charge in [0.15, 0.2) is 6.23 Å². The van der Waals surface area contributed by atoms with Crippen LogP contribution in [-0.2, 0) is 9.47 Å². The summed E-state index contributed by atoms with van der Waals surface area (Å²) in [5, 5.41) is 6.13. The average molecular weight is 400 g/mol. The molecule has 7 nitrogen and oxygen atoms in total. The van der Waals surface area contributed by atoms with Crippen LogP contribution in [0.4, 0.5) is 5.82 Å². The number of rotatable bonds is 3. The van der Waals surface area contributed by atoms with Crippen LogP contribution in [0, 0.1) is 0 Å². The Morgan fingerprint density at radius 2 is 1.96 bits per heavy atom. The van der Waals surface area contributed by atoms with E-state index in [4.69, 9.17) is 26.1 Å². The molecule has 1 unspecified atom stereocenters. The molecule has 0 N–H and O–H groups in total. The fraction of sp³-hybridized carbons (Fsp3) is 0.450. The molecule has 5 heterocycles. The monoisotopic (exact) mass is 399 g/mol. The van der Waals surface area contributed by atoms with Crippen LogP contribution in [0.15, 0.2) is 30.6 Å². The molecule has 0 spiro atoms. The minimum atomic E-state index is -0.0539. The van der Waals surface area contributed by atoms with Crippen molar-refractivity contribution in [2.75, 3.05) is 37.8 Å². The number of nitrogens with zero attached hydrogens (tertiary/aromatic N) is 5. The lowest BCUT2D eigenvalue weighted by Gasteiger charge is -2.29. The maximum atomic E-state index is 6.56. The molecule has 2 fully saturated rings. The first-order valence-corrected chi connectivity index (χ1v) is 10.1. The number of ether oxygens (including phenoxy) is 2. The Morgan fingerprint density at radius 3 is 2.79 bits per heavy atom. The third-order valence-electron chi connectivity index (χ3n) is 5.32. The Hall–Kier alpha value is -2.22. The van der Waals surface area contributed by atoms with E-state index >= 15 is 0 Å². The third-order valence-corrected chi connectivity index (χ3v) is 5.60. The summed E-state index contributed by atoms with van der Waals surface area (Å²) in [6.07, 6.45) is 6.74. The topological polar surface area (TPSA) is 65.3 Å². The fourth-order valence-corrected chi connectivity index (χ4v) is 4.17. The van der Waals surface area contributed by atoms with Gasteiger partial charge < -0.3 is 14.4 Å². The van der Waals surface area contributed by atoms with E-state index in [1.807, 2.05) is 22.9 Å². The second-order valence-corrected chi connectivity index (χ2v) is 7.51. The minimum Gasteiger partial charge on any atom is -0.378 e. The zero-order valence-electron chi connectivity index (χ0n) is 15.6. The highest BCUT2D eigenvalue weighted by molar-refractivity contribution is 6.33. The second kappa shape index (κ2) is 7.66. The molecule has 2 aliphatic heterocycles. The maximum Gasteiger partial charge on any atom is 0.150 e. The molecule has 0 radical (unpaired) electrons. The summed E-state index contributed by atoms with van der Waals surface area (Å²) in [6.45, 7) is 3.69. The standard InChI is InChI=1S/C20H22ClN5O2/c21-15-13-14-4-6-22-19(18(14)24-20(15)25-8-11-27-12-9-25)16-5-7-23-26(16)17-3-1-2-10-28-17/h4-7,13,17H,1-3,8-12H2. The lowest BCUT2D eigenvalue weighted by molar-refractivity contribution is -0.0383. The van der Waals surface area contributed by atoms with Gasteiger partial charge in [0.2, 0.25) is 0 Å². The van der Waals surface area contributed by atoms with Crippen LogP contribution < -0.4 is 4.90 Å². The fourth-order valence-electron chi connectivity index (χ4n) is 3.90. The molecular weight excluding hydrogens is 378 g/mol. The third kappa shape index (κ3) is 3.23. The maximum absolute atomic E-state index is 6.56. The van der Waals surface area contributed by atoms with Crippen molar-refractivity contribution in [3.05, 3.63) is 35.6 Å². The van der Waals surface area contributed by atoms with E-state index in [9.17, 15) is 0 Å². The Balaban J connectivity index is 1.61. The van der Waals surface area contributed by atoms with Gasteiger partial charge in [-0.25, -0.2) is 9.67 Å². The van der Waals surface area contributed by atoms with Gasteiger partial charge in [-0.2, -0.15) is 5.10 Å². The van der Waals surface area contributed by atoms with Crippen LogP contribution in [0.2, 0.25) is 5.02 Å². The van der Waals surface area contributed by atoms with Gasteiger partial charge in [-0.1, -0.05) is 11.6 Å². The summed E-state index contributed by atoms with van der Waals surface area (Å²) < 4.78 is 13.3. The summed E-state index contributed by atoms with van der Waals surface area (Å²) >= 11 is 6.56. The van der Waals surface area contributed by atoms with Crippen molar-refractivity contribution in [2.45, 2.75) is 25.5 Å². The molecular formula is C20H22ClN5O2. The molecule has 5 rings (SSSR count). The van der Waals surface area contributed by atoms with Crippen LogP contribution in [-0.4, -0.2) is 52.7 Å². The number of anilines is 1. The van der Waals surface area contributed by atoms with Gasteiger partial charge in [0, 0.05) is 37.5 Å². The Kier molecular flexibility index (Phi) is 4.88. The smallest absolute Gasteiger partial charge is 0.150 e. The summed E-state index contributed by atoms with van der Waals surface area (Å²) in [4.78, 5) is 11.8. The van der Waals surface area contributed by atoms with Crippen LogP contribution in [0.25, 0.3) is 22.3 Å². The van der Waals surface area contributed by atoms with Gasteiger partial charge >= 0.3 is 0 Å². The highest BCUT2D eigenvalue weighted by atomic mass is 35.5. The van der Waals surface area contributed by atoms with Crippen molar-refractivity contribution in [2.24, 2.45) is 0 Å². The van der Waals surface area contributed by atoms with Crippen LogP contribution in [0.3, 0.4) is 0 Å². The van der Waals surface area contributed by atoms with E-state index in [-0.39, 0.29) is 6.23 Å². The number of hydrogen-bond donors (Lipinski definition) is 0. The predicted molar refractivity (Wildman–Crippen MR) is 108 cm³/mol. The molecule has 2 saturated heterocycles. The molecule has 2 aliphatic rings. The molecule has 3 aromatic rings. The van der Waals surface area contributed by atoms with Gasteiger partial charge in [0.1, 0.15) is 17.0 Å². The summed E-state index contributed by atoms with van der Waals surface area (Å²) in [7, 11) is 0. The number of aromatic nitrogens is 4. The number of morpholine rings is 1. The van der Waals surface area contributed by atoms with E-state index < -0.39 is 0 Å². The lowest BCUT2D eigenvalue weighted by atomic mass is 10.1. The first kappa shape index (κ1) is 17.8. The van der Waals surface area contributed by atoms with E-state index in [1.54, 1.807) is 12.4 Å². The summed E-state index contributed by atoms with van der Waals surface area (Å²) in [6, 6.07) is 5.89. The molecule has 1 atom stereocenters. The van der Waals surface area contributed by atoms with Crippen molar-refractivity contribution in [3.8, 4) is 11.4 Å². The molecule has 28 heavy (non-hydrogen) atoms. The van der Waals surface area contributed by atoms with E-state index in [0.29, 0.717) is 18.2 Å². The summed E-state index contributed by atoms with van der Waals surface area (Å²) in [5.41, 5.74) is 2.54. The molecule has 146 valence electrons. The van der Waals surface area contributed by atoms with Crippen molar-refractivity contribution in [1.82, 2.24) is 19.7 Å². The van der Waals surface area contributed by atoms with E-state index in [0.717, 1.165) is 67.1 Å². The Morgan fingerprint density at radius 1 is 1.07 bits per heavy atom. The molecule has 0 aliphatic carbocycles. The average Bonchev–Trinajstić information content (AvgIpc) is 3.24. The van der Waals surface area contributed by atoms with Crippen LogP contribution in [0.1, 0.15) is 25.5 Å². The quantitative estimate of drug-likeness (QED) is 0.669. The zero-order chi connectivity index (χ0) is 18.9. The molecule has 8 heteroatoms. The number of hydrogen-bond acceptors (Lipinski definition) is 6. The normalized spacial score (nSPS) is 20.6. The van der Waals surface area contributed by atoms with E-state index in [1.165, 1.54) is 0 Å². The second-order valence-electron chi connectivity index (χ2n) is 7.11. The van der Waals surface area contributed by atoms with Crippen LogP contribution >= 0.6 is 11.6 Å². The minimum absolute atomic E-state index is 0.0539. The molecule has 0 aromatic carbocycles. The van der Waals surface area contributed by atoms with Gasteiger partial charge in [-0.3, -0.25) is 4.98 Å². The first-order chi connectivity index (χ1) is 13.8. The van der Waals surface area contributed by atoms with Crippen molar-refractivity contribution < 1.29 is 9.47 Å². The highest BCUT2D eigenvalue weighted by Gasteiger charge is 2.23. The summed E-state index contributed by atoms with van der Waals surface area (Å²) in [5.74, 6) is 0.784. The lowest BCUT2D eigenvalue weighted by Crippen LogP contribution is -2.37. The number of halogens is 1. The number of pyridine rings is 2. The largest absolute Gasteiger partial charge is 0.378 e. The van der Waals surface area contributed by atoms with Crippen LogP contribution in [0.5, 0.6) is 0 Å². The Bertz CT molecular complexity index is 980. The van der Waals surface area contributed by atoms with Crippen molar-refractivity contribution >= 4 is 28.3 Å². The molecule has 3 aromatic heterocycles. The zero-order valence-corrected chi connectivity index (χ0v) is 16.3. The van der Waals surface area contributed by atoms with Crippen molar-refractivity contribution in [3.63, 3.8) is 0 Å². The SMILES string of the molecule is Clc1cc2ccnc(-c3ccnn3C3CCCCO3)c2nc1N1CCOCC1. The first-order valence-electron chi connectivity index (χ1n) is 9.75. The predicted octanol–water partition coefficient (Wildman–Crippen LogP) is 3.68. The Labute approximate surface area is 168 Å². The van der Waals surface area contributed by atoms with Gasteiger partial charge in [0.05, 0.1) is 23.9 Å².